The Balaban J connectivity index is 1.45. The molecule has 0 aromatic carbocycles. The molecule has 2 aliphatic rings. The molecule has 2 N–H and O–H groups in total. The highest BCUT2D eigenvalue weighted by atomic mass is 16.5. The lowest BCUT2D eigenvalue weighted by atomic mass is 10.1. The third-order valence-electron chi connectivity index (χ3n) is 5.04. The average Bonchev–Trinajstić information content (AvgIpc) is 3.47. The standard InChI is InChI=1S/C19H23N7O/c1-2-8-20-14(4-1)11-21-16-10-17(22-15-5-3-9-27-12-15)25-26-18(13-6-7-13)23-24-19(16)26/h1-2,4,8,10,13,15,21H,3,5-7,9,11-12H2,(H,22,25)/t15-/m1/s1. The first kappa shape index (κ1) is 16.4. The quantitative estimate of drug-likeness (QED) is 0.694. The molecule has 1 saturated carbocycles. The van der Waals surface area contributed by atoms with Crippen molar-refractivity contribution in [3.05, 3.63) is 42.0 Å². The van der Waals surface area contributed by atoms with Crippen LogP contribution in [-0.2, 0) is 11.3 Å². The van der Waals surface area contributed by atoms with E-state index < -0.39 is 0 Å². The van der Waals surface area contributed by atoms with Gasteiger partial charge in [0.25, 0.3) is 0 Å². The molecular formula is C19H23N7O. The number of aromatic nitrogens is 5. The first-order chi connectivity index (χ1) is 13.4. The van der Waals surface area contributed by atoms with Gasteiger partial charge in [0.05, 0.1) is 30.6 Å². The number of nitrogens with one attached hydrogen (secondary N) is 2. The normalized spacial score (nSPS) is 19.9. The Morgan fingerprint density at radius 1 is 1.19 bits per heavy atom. The van der Waals surface area contributed by atoms with E-state index in [0.29, 0.717) is 19.1 Å². The van der Waals surface area contributed by atoms with Crippen LogP contribution in [0, 0.1) is 0 Å². The van der Waals surface area contributed by atoms with E-state index in [1.165, 1.54) is 0 Å². The highest BCUT2D eigenvalue weighted by molar-refractivity contribution is 5.70. The van der Waals surface area contributed by atoms with Gasteiger partial charge in [0.2, 0.25) is 5.65 Å². The summed E-state index contributed by atoms with van der Waals surface area (Å²) in [5, 5.41) is 20.6. The highest BCUT2D eigenvalue weighted by Crippen LogP contribution is 2.39. The third kappa shape index (κ3) is 3.57. The number of pyridine rings is 1. The molecule has 0 bridgehead atoms. The molecule has 1 aliphatic carbocycles. The first-order valence-electron chi connectivity index (χ1n) is 9.61. The molecule has 8 nitrogen and oxygen atoms in total. The molecule has 0 radical (unpaired) electrons. The van der Waals surface area contributed by atoms with Crippen LogP contribution in [0.5, 0.6) is 0 Å². The van der Waals surface area contributed by atoms with E-state index >= 15 is 0 Å². The lowest BCUT2D eigenvalue weighted by Gasteiger charge is -2.23. The van der Waals surface area contributed by atoms with Crippen LogP contribution >= 0.6 is 0 Å². The second kappa shape index (κ2) is 7.11. The van der Waals surface area contributed by atoms with Crippen molar-refractivity contribution in [3.63, 3.8) is 0 Å². The van der Waals surface area contributed by atoms with Gasteiger partial charge in [0, 0.05) is 24.8 Å². The van der Waals surface area contributed by atoms with Gasteiger partial charge < -0.3 is 15.4 Å². The lowest BCUT2D eigenvalue weighted by molar-refractivity contribution is 0.0875. The van der Waals surface area contributed by atoms with Crippen LogP contribution in [0.4, 0.5) is 11.5 Å². The van der Waals surface area contributed by atoms with Crippen molar-refractivity contribution in [1.29, 1.82) is 0 Å². The zero-order valence-corrected chi connectivity index (χ0v) is 15.1. The highest BCUT2D eigenvalue weighted by Gasteiger charge is 2.30. The average molecular weight is 365 g/mol. The molecule has 3 aromatic heterocycles. The number of ether oxygens (including phenoxy) is 1. The summed E-state index contributed by atoms with van der Waals surface area (Å²) in [4.78, 5) is 4.38. The fourth-order valence-electron chi connectivity index (χ4n) is 3.45. The minimum atomic E-state index is 0.285. The van der Waals surface area contributed by atoms with Crippen LogP contribution in [-0.4, -0.2) is 44.1 Å². The lowest BCUT2D eigenvalue weighted by Crippen LogP contribution is -2.30. The molecule has 0 spiro atoms. The largest absolute Gasteiger partial charge is 0.379 e. The number of rotatable bonds is 6. The van der Waals surface area contributed by atoms with Crippen LogP contribution in [0.2, 0.25) is 0 Å². The molecule has 0 unspecified atom stereocenters. The molecule has 8 heteroatoms. The van der Waals surface area contributed by atoms with E-state index in [2.05, 4.69) is 25.8 Å². The van der Waals surface area contributed by atoms with Gasteiger partial charge in [-0.1, -0.05) is 6.07 Å². The summed E-state index contributed by atoms with van der Waals surface area (Å²) >= 11 is 0. The van der Waals surface area contributed by atoms with Gasteiger partial charge in [-0.25, -0.2) is 0 Å². The Kier molecular flexibility index (Phi) is 4.33. The predicted octanol–water partition coefficient (Wildman–Crippen LogP) is 2.60. The molecule has 5 rings (SSSR count). The SMILES string of the molecule is c1ccc(CNc2cc(N[C@@H]3CCCOC3)nn3c(C4CC4)nnc23)nc1. The Bertz CT molecular complexity index is 916. The van der Waals surface area contributed by atoms with Crippen molar-refractivity contribution in [1.82, 2.24) is 24.8 Å². The van der Waals surface area contributed by atoms with E-state index in [-0.39, 0.29) is 6.04 Å². The predicted molar refractivity (Wildman–Crippen MR) is 102 cm³/mol. The van der Waals surface area contributed by atoms with Crippen molar-refractivity contribution >= 4 is 17.2 Å². The summed E-state index contributed by atoms with van der Waals surface area (Å²) in [6, 6.07) is 8.21. The maximum Gasteiger partial charge on any atom is 0.201 e. The maximum absolute atomic E-state index is 5.59. The van der Waals surface area contributed by atoms with Crippen molar-refractivity contribution in [2.75, 3.05) is 23.8 Å². The second-order valence-corrected chi connectivity index (χ2v) is 7.24. The summed E-state index contributed by atoms with van der Waals surface area (Å²) in [5.41, 5.74) is 2.65. The van der Waals surface area contributed by atoms with Gasteiger partial charge in [0.15, 0.2) is 5.82 Å². The van der Waals surface area contributed by atoms with E-state index in [0.717, 1.165) is 61.0 Å². The van der Waals surface area contributed by atoms with Crippen LogP contribution in [0.3, 0.4) is 0 Å². The molecule has 27 heavy (non-hydrogen) atoms. The Hall–Kier alpha value is -2.74. The number of fused-ring (bicyclic) bond motifs is 1. The van der Waals surface area contributed by atoms with Gasteiger partial charge in [-0.2, -0.15) is 4.52 Å². The van der Waals surface area contributed by atoms with Crippen molar-refractivity contribution in [2.45, 2.75) is 44.2 Å². The van der Waals surface area contributed by atoms with E-state index in [9.17, 15) is 0 Å². The van der Waals surface area contributed by atoms with Crippen LogP contribution in [0.1, 0.15) is 43.1 Å². The summed E-state index contributed by atoms with van der Waals surface area (Å²) in [7, 11) is 0. The number of hydrogen-bond acceptors (Lipinski definition) is 7. The van der Waals surface area contributed by atoms with Gasteiger partial charge in [-0.05, 0) is 37.8 Å². The van der Waals surface area contributed by atoms with Crippen molar-refractivity contribution in [3.8, 4) is 0 Å². The molecule has 1 atom stereocenters. The minimum absolute atomic E-state index is 0.285. The van der Waals surface area contributed by atoms with Crippen molar-refractivity contribution < 1.29 is 4.74 Å². The Labute approximate surface area is 157 Å². The van der Waals surface area contributed by atoms with Crippen LogP contribution in [0.15, 0.2) is 30.5 Å². The summed E-state index contributed by atoms with van der Waals surface area (Å²) in [6.45, 7) is 2.19. The first-order valence-corrected chi connectivity index (χ1v) is 9.61. The number of hydrogen-bond donors (Lipinski definition) is 2. The summed E-state index contributed by atoms with van der Waals surface area (Å²) in [6.07, 6.45) is 6.29. The van der Waals surface area contributed by atoms with Gasteiger partial charge in [-0.3, -0.25) is 4.98 Å². The fraction of sp³-hybridized carbons (Fsp3) is 0.474. The molecule has 1 saturated heterocycles. The molecule has 1 aliphatic heterocycles. The molecular weight excluding hydrogens is 342 g/mol. The van der Waals surface area contributed by atoms with E-state index in [4.69, 9.17) is 9.84 Å². The zero-order valence-electron chi connectivity index (χ0n) is 15.1. The smallest absolute Gasteiger partial charge is 0.201 e. The summed E-state index contributed by atoms with van der Waals surface area (Å²) in [5.74, 6) is 2.25. The monoisotopic (exact) mass is 365 g/mol. The zero-order chi connectivity index (χ0) is 18.1. The third-order valence-corrected chi connectivity index (χ3v) is 5.04. The minimum Gasteiger partial charge on any atom is -0.379 e. The molecule has 4 heterocycles. The maximum atomic E-state index is 5.59. The second-order valence-electron chi connectivity index (χ2n) is 7.24. The fourth-order valence-corrected chi connectivity index (χ4v) is 3.45. The van der Waals surface area contributed by atoms with Crippen LogP contribution in [0.25, 0.3) is 5.65 Å². The van der Waals surface area contributed by atoms with E-state index in [1.807, 2.05) is 28.8 Å². The molecule has 0 amide bonds. The van der Waals surface area contributed by atoms with E-state index in [1.54, 1.807) is 6.20 Å². The topological polar surface area (TPSA) is 89.3 Å². The van der Waals surface area contributed by atoms with Gasteiger partial charge in [0.1, 0.15) is 5.82 Å². The molecule has 3 aromatic rings. The van der Waals surface area contributed by atoms with Crippen LogP contribution < -0.4 is 10.6 Å². The molecule has 140 valence electrons. The van der Waals surface area contributed by atoms with Crippen molar-refractivity contribution in [2.24, 2.45) is 0 Å². The number of anilines is 2. The Morgan fingerprint density at radius 3 is 2.93 bits per heavy atom. The van der Waals surface area contributed by atoms with Gasteiger partial charge >= 0.3 is 0 Å². The van der Waals surface area contributed by atoms with Gasteiger partial charge in [-0.15, -0.1) is 15.3 Å². The summed E-state index contributed by atoms with van der Waals surface area (Å²) < 4.78 is 7.48. The molecule has 2 fully saturated rings. The number of nitrogens with zero attached hydrogens (tertiary/aromatic N) is 5. The Morgan fingerprint density at radius 2 is 2.15 bits per heavy atom.